The van der Waals surface area contributed by atoms with Crippen molar-refractivity contribution in [2.75, 3.05) is 12.4 Å². The third kappa shape index (κ3) is 3.48. The monoisotopic (exact) mass is 286 g/mol. The van der Waals surface area contributed by atoms with E-state index in [1.165, 1.54) is 6.20 Å². The van der Waals surface area contributed by atoms with Crippen LogP contribution in [-0.2, 0) is 4.74 Å². The van der Waals surface area contributed by atoms with E-state index in [-0.39, 0.29) is 5.97 Å². The van der Waals surface area contributed by atoms with E-state index >= 15 is 0 Å². The number of anilines is 1. The van der Waals surface area contributed by atoms with E-state index in [4.69, 9.17) is 4.74 Å². The van der Waals surface area contributed by atoms with E-state index in [0.29, 0.717) is 11.4 Å². The lowest BCUT2D eigenvalue weighted by atomic mass is 10.2. The molecule has 1 aromatic rings. The van der Waals surface area contributed by atoms with Crippen molar-refractivity contribution in [3.8, 4) is 0 Å². The zero-order valence-electron chi connectivity index (χ0n) is 9.80. The third-order valence-corrected chi connectivity index (χ3v) is 2.32. The maximum atomic E-state index is 11.7. The maximum absolute atomic E-state index is 11.7. The first-order valence-corrected chi connectivity index (χ1v) is 5.69. The molecule has 0 fully saturated rings. The molecule has 0 saturated carbocycles. The topological polar surface area (TPSA) is 51.2 Å². The lowest BCUT2D eigenvalue weighted by Crippen LogP contribution is -2.24. The summed E-state index contributed by atoms with van der Waals surface area (Å²) in [6.45, 7) is 5.49. The molecule has 1 heterocycles. The number of nitrogens with zero attached hydrogens (tertiary/aromatic N) is 1. The molecule has 0 spiro atoms. The SMILES string of the molecule is CNc1ncc(C(=O)OC(C)(C)C)cc1Br. The minimum absolute atomic E-state index is 0.372. The minimum Gasteiger partial charge on any atom is -0.456 e. The molecule has 0 unspecified atom stereocenters. The highest BCUT2D eigenvalue weighted by Gasteiger charge is 2.18. The lowest BCUT2D eigenvalue weighted by molar-refractivity contribution is 0.00691. The number of ether oxygens (including phenoxy) is 1. The van der Waals surface area contributed by atoms with Crippen molar-refractivity contribution >= 4 is 27.7 Å². The van der Waals surface area contributed by atoms with Gasteiger partial charge < -0.3 is 10.1 Å². The van der Waals surface area contributed by atoms with Crippen LogP contribution in [0, 0.1) is 0 Å². The Balaban J connectivity index is 2.89. The molecule has 0 amide bonds. The maximum Gasteiger partial charge on any atom is 0.340 e. The van der Waals surface area contributed by atoms with Crippen LogP contribution in [0.5, 0.6) is 0 Å². The highest BCUT2D eigenvalue weighted by Crippen LogP contribution is 2.21. The van der Waals surface area contributed by atoms with Crippen LogP contribution in [0.3, 0.4) is 0 Å². The smallest absolute Gasteiger partial charge is 0.340 e. The second-order valence-corrected chi connectivity index (χ2v) is 5.16. The van der Waals surface area contributed by atoms with E-state index in [2.05, 4.69) is 26.2 Å². The molecule has 88 valence electrons. The second-order valence-electron chi connectivity index (χ2n) is 4.31. The van der Waals surface area contributed by atoms with Crippen molar-refractivity contribution in [3.63, 3.8) is 0 Å². The van der Waals surface area contributed by atoms with Gasteiger partial charge in [0.05, 0.1) is 10.0 Å². The van der Waals surface area contributed by atoms with E-state index in [0.717, 1.165) is 4.47 Å². The summed E-state index contributed by atoms with van der Waals surface area (Å²) in [4.78, 5) is 15.8. The third-order valence-electron chi connectivity index (χ3n) is 1.71. The standard InChI is InChI=1S/C11H15BrN2O2/c1-11(2,3)16-10(15)7-5-8(12)9(13-4)14-6-7/h5-6H,1-4H3,(H,13,14). The van der Waals surface area contributed by atoms with Gasteiger partial charge in [-0.1, -0.05) is 0 Å². The van der Waals surface area contributed by atoms with Gasteiger partial charge >= 0.3 is 5.97 Å². The van der Waals surface area contributed by atoms with Crippen LogP contribution in [0.1, 0.15) is 31.1 Å². The molecule has 0 aliphatic heterocycles. The van der Waals surface area contributed by atoms with Gasteiger partial charge in [0.2, 0.25) is 0 Å². The molecule has 0 atom stereocenters. The predicted molar refractivity (Wildman–Crippen MR) is 66.7 cm³/mol. The summed E-state index contributed by atoms with van der Waals surface area (Å²) in [7, 11) is 1.76. The zero-order valence-corrected chi connectivity index (χ0v) is 11.4. The van der Waals surface area contributed by atoms with E-state index in [9.17, 15) is 4.79 Å². The number of halogens is 1. The van der Waals surface area contributed by atoms with Gasteiger partial charge in [0.25, 0.3) is 0 Å². The Bertz CT molecular complexity index is 399. The van der Waals surface area contributed by atoms with Crippen LogP contribution in [0.25, 0.3) is 0 Å². The average Bonchev–Trinajstić information content (AvgIpc) is 2.15. The number of nitrogens with one attached hydrogen (secondary N) is 1. The molecular weight excluding hydrogens is 272 g/mol. The molecule has 16 heavy (non-hydrogen) atoms. The van der Waals surface area contributed by atoms with Crippen molar-refractivity contribution in [1.29, 1.82) is 0 Å². The molecule has 0 aliphatic rings. The van der Waals surface area contributed by atoms with Gasteiger partial charge in [-0.15, -0.1) is 0 Å². The molecule has 4 nitrogen and oxygen atoms in total. The van der Waals surface area contributed by atoms with Gasteiger partial charge in [0.1, 0.15) is 11.4 Å². The second kappa shape index (κ2) is 4.82. The Hall–Kier alpha value is -1.10. The number of esters is 1. The largest absolute Gasteiger partial charge is 0.456 e. The van der Waals surface area contributed by atoms with Gasteiger partial charge in [-0.2, -0.15) is 0 Å². The van der Waals surface area contributed by atoms with Gasteiger partial charge in [-0.3, -0.25) is 0 Å². The molecular formula is C11H15BrN2O2. The van der Waals surface area contributed by atoms with Crippen molar-refractivity contribution in [2.45, 2.75) is 26.4 Å². The first-order chi connectivity index (χ1) is 7.33. The molecule has 1 rings (SSSR count). The van der Waals surface area contributed by atoms with Crippen LogP contribution in [0.2, 0.25) is 0 Å². The average molecular weight is 287 g/mol. The molecule has 0 aromatic carbocycles. The van der Waals surface area contributed by atoms with Crippen molar-refractivity contribution in [3.05, 3.63) is 22.3 Å². The van der Waals surface area contributed by atoms with Gasteiger partial charge in [0.15, 0.2) is 0 Å². The minimum atomic E-state index is -0.495. The number of carbonyl (C=O) groups is 1. The van der Waals surface area contributed by atoms with E-state index < -0.39 is 5.60 Å². The van der Waals surface area contributed by atoms with Crippen molar-refractivity contribution in [1.82, 2.24) is 4.98 Å². The van der Waals surface area contributed by atoms with Crippen LogP contribution >= 0.6 is 15.9 Å². The lowest BCUT2D eigenvalue weighted by Gasteiger charge is -2.19. The number of carbonyl (C=O) groups excluding carboxylic acids is 1. The summed E-state index contributed by atoms with van der Waals surface area (Å²) >= 11 is 3.32. The Labute approximate surface area is 104 Å². The van der Waals surface area contributed by atoms with Crippen LogP contribution < -0.4 is 5.32 Å². The molecule has 1 aromatic heterocycles. The Morgan fingerprint density at radius 2 is 2.12 bits per heavy atom. The normalized spacial score (nSPS) is 11.1. The van der Waals surface area contributed by atoms with E-state index in [1.807, 2.05) is 20.8 Å². The van der Waals surface area contributed by atoms with Crippen LogP contribution in [-0.4, -0.2) is 23.6 Å². The molecule has 0 bridgehead atoms. The summed E-state index contributed by atoms with van der Waals surface area (Å²) < 4.78 is 5.97. The molecule has 0 aliphatic carbocycles. The Kier molecular flexibility index (Phi) is 3.91. The van der Waals surface area contributed by atoms with E-state index in [1.54, 1.807) is 13.1 Å². The van der Waals surface area contributed by atoms with Gasteiger partial charge in [-0.05, 0) is 42.8 Å². The first-order valence-electron chi connectivity index (χ1n) is 4.90. The van der Waals surface area contributed by atoms with Crippen molar-refractivity contribution < 1.29 is 9.53 Å². The number of pyridine rings is 1. The zero-order chi connectivity index (χ0) is 12.3. The molecule has 1 N–H and O–H groups in total. The summed E-state index contributed by atoms with van der Waals surface area (Å²) in [6.07, 6.45) is 1.49. The molecule has 0 radical (unpaired) electrons. The highest BCUT2D eigenvalue weighted by atomic mass is 79.9. The summed E-state index contributed by atoms with van der Waals surface area (Å²) in [5, 5.41) is 2.90. The van der Waals surface area contributed by atoms with Crippen molar-refractivity contribution in [2.24, 2.45) is 0 Å². The number of aromatic nitrogens is 1. The Morgan fingerprint density at radius 1 is 1.50 bits per heavy atom. The summed E-state index contributed by atoms with van der Waals surface area (Å²) in [5.74, 6) is 0.315. The van der Waals surface area contributed by atoms with Crippen LogP contribution in [0.15, 0.2) is 16.7 Å². The van der Waals surface area contributed by atoms with Crippen LogP contribution in [0.4, 0.5) is 5.82 Å². The highest BCUT2D eigenvalue weighted by molar-refractivity contribution is 9.10. The molecule has 5 heteroatoms. The predicted octanol–water partition coefficient (Wildman–Crippen LogP) is 2.84. The summed E-state index contributed by atoms with van der Waals surface area (Å²) in [5.41, 5.74) is -0.0635. The van der Waals surface area contributed by atoms with Gasteiger partial charge in [0, 0.05) is 13.2 Å². The quantitative estimate of drug-likeness (QED) is 0.850. The number of hydrogen-bond donors (Lipinski definition) is 1. The molecule has 0 saturated heterocycles. The fraction of sp³-hybridized carbons (Fsp3) is 0.455. The Morgan fingerprint density at radius 3 is 2.56 bits per heavy atom. The number of rotatable bonds is 2. The first kappa shape index (κ1) is 13.0. The fourth-order valence-electron chi connectivity index (χ4n) is 1.07. The summed E-state index contributed by atoms with van der Waals surface area (Å²) in [6, 6.07) is 1.69. The number of hydrogen-bond acceptors (Lipinski definition) is 4. The fourth-order valence-corrected chi connectivity index (χ4v) is 1.62. The van der Waals surface area contributed by atoms with Gasteiger partial charge in [-0.25, -0.2) is 9.78 Å².